The smallest absolute Gasteiger partial charge is 0.179 e. The molecule has 2 atom stereocenters. The molecule has 2 rings (SSSR count). The minimum atomic E-state index is -3.38. The first-order chi connectivity index (χ1) is 7.29. The standard InChI is InChI=1S/C10H16O4S2/c1-7-8(2)16(13,14)10-6-4-3-5-9(10)15(7,11)12/h7-8H,3-6H2,1-2H3. The van der Waals surface area contributed by atoms with Gasteiger partial charge in [0.05, 0.1) is 20.3 Å². The molecule has 0 spiro atoms. The second-order valence-electron chi connectivity index (χ2n) is 4.55. The topological polar surface area (TPSA) is 68.3 Å². The van der Waals surface area contributed by atoms with Crippen LogP contribution in [0.4, 0.5) is 0 Å². The van der Waals surface area contributed by atoms with Crippen molar-refractivity contribution in [2.45, 2.75) is 50.0 Å². The summed E-state index contributed by atoms with van der Waals surface area (Å²) in [7, 11) is -6.76. The minimum Gasteiger partial charge on any atom is -0.224 e. The van der Waals surface area contributed by atoms with Gasteiger partial charge in [-0.25, -0.2) is 16.8 Å². The van der Waals surface area contributed by atoms with Gasteiger partial charge in [-0.3, -0.25) is 0 Å². The highest BCUT2D eigenvalue weighted by Crippen LogP contribution is 2.41. The van der Waals surface area contributed by atoms with E-state index in [-0.39, 0.29) is 9.81 Å². The minimum absolute atomic E-state index is 0.198. The van der Waals surface area contributed by atoms with Gasteiger partial charge < -0.3 is 0 Å². The zero-order chi connectivity index (χ0) is 12.1. The van der Waals surface area contributed by atoms with E-state index < -0.39 is 30.2 Å². The van der Waals surface area contributed by atoms with E-state index in [0.717, 1.165) is 12.8 Å². The van der Waals surface area contributed by atoms with Gasteiger partial charge in [-0.1, -0.05) is 0 Å². The normalized spacial score (nSPS) is 36.9. The van der Waals surface area contributed by atoms with Crippen LogP contribution in [0.25, 0.3) is 0 Å². The van der Waals surface area contributed by atoms with Crippen LogP contribution in [0.1, 0.15) is 39.5 Å². The summed E-state index contributed by atoms with van der Waals surface area (Å²) in [6.45, 7) is 2.99. The van der Waals surface area contributed by atoms with Crippen molar-refractivity contribution >= 4 is 19.7 Å². The van der Waals surface area contributed by atoms with E-state index in [1.54, 1.807) is 0 Å². The van der Waals surface area contributed by atoms with Crippen LogP contribution in [0.5, 0.6) is 0 Å². The van der Waals surface area contributed by atoms with Gasteiger partial charge >= 0.3 is 0 Å². The highest BCUT2D eigenvalue weighted by Gasteiger charge is 2.46. The zero-order valence-electron chi connectivity index (χ0n) is 9.43. The molecule has 1 heterocycles. The van der Waals surface area contributed by atoms with Crippen molar-refractivity contribution < 1.29 is 16.8 Å². The Morgan fingerprint density at radius 3 is 1.44 bits per heavy atom. The van der Waals surface area contributed by atoms with E-state index in [4.69, 9.17) is 0 Å². The van der Waals surface area contributed by atoms with Crippen molar-refractivity contribution in [2.24, 2.45) is 0 Å². The molecule has 6 heteroatoms. The lowest BCUT2D eigenvalue weighted by Gasteiger charge is -2.32. The van der Waals surface area contributed by atoms with Gasteiger partial charge in [0.2, 0.25) is 0 Å². The maximum absolute atomic E-state index is 12.1. The molecular weight excluding hydrogens is 248 g/mol. The van der Waals surface area contributed by atoms with Gasteiger partial charge in [0.1, 0.15) is 0 Å². The van der Waals surface area contributed by atoms with Gasteiger partial charge in [-0.2, -0.15) is 0 Å². The molecule has 2 unspecified atom stereocenters. The van der Waals surface area contributed by atoms with Crippen molar-refractivity contribution in [1.29, 1.82) is 0 Å². The number of hydrogen-bond acceptors (Lipinski definition) is 4. The molecule has 1 aliphatic heterocycles. The lowest BCUT2D eigenvalue weighted by atomic mass is 10.1. The predicted octanol–water partition coefficient (Wildman–Crippen LogP) is 1.39. The third-order valence-corrected chi connectivity index (χ3v) is 9.05. The summed E-state index contributed by atoms with van der Waals surface area (Å²) >= 11 is 0. The number of sulfone groups is 2. The van der Waals surface area contributed by atoms with Crippen LogP contribution >= 0.6 is 0 Å². The molecule has 4 nitrogen and oxygen atoms in total. The molecule has 0 N–H and O–H groups in total. The average molecular weight is 264 g/mol. The summed E-state index contributed by atoms with van der Waals surface area (Å²) in [5.74, 6) is 0. The van der Waals surface area contributed by atoms with Crippen molar-refractivity contribution in [3.05, 3.63) is 9.81 Å². The van der Waals surface area contributed by atoms with Crippen LogP contribution in [-0.2, 0) is 19.7 Å². The molecule has 0 aromatic carbocycles. The van der Waals surface area contributed by atoms with E-state index in [1.807, 2.05) is 0 Å². The number of rotatable bonds is 0. The van der Waals surface area contributed by atoms with Crippen LogP contribution in [0.15, 0.2) is 9.81 Å². The number of allylic oxidation sites excluding steroid dienone is 2. The maximum Gasteiger partial charge on any atom is 0.179 e. The Bertz CT molecular complexity index is 489. The molecule has 0 aromatic heterocycles. The number of hydrogen-bond donors (Lipinski definition) is 0. The summed E-state index contributed by atoms with van der Waals surface area (Å²) in [6, 6.07) is 0. The van der Waals surface area contributed by atoms with Gasteiger partial charge in [0.25, 0.3) is 0 Å². The molecule has 0 aromatic rings. The Morgan fingerprint density at radius 2 is 1.12 bits per heavy atom. The summed E-state index contributed by atoms with van der Waals surface area (Å²) < 4.78 is 48.5. The van der Waals surface area contributed by atoms with Crippen LogP contribution in [0, 0.1) is 0 Å². The highest BCUT2D eigenvalue weighted by atomic mass is 32.2. The summed E-state index contributed by atoms with van der Waals surface area (Å²) in [6.07, 6.45) is 2.34. The van der Waals surface area contributed by atoms with Gasteiger partial charge in [-0.15, -0.1) is 0 Å². The monoisotopic (exact) mass is 264 g/mol. The van der Waals surface area contributed by atoms with Crippen LogP contribution in [0.2, 0.25) is 0 Å². The van der Waals surface area contributed by atoms with Crippen molar-refractivity contribution in [3.8, 4) is 0 Å². The van der Waals surface area contributed by atoms with E-state index in [2.05, 4.69) is 0 Å². The Labute approximate surface area is 96.6 Å². The Morgan fingerprint density at radius 1 is 0.812 bits per heavy atom. The first-order valence-electron chi connectivity index (χ1n) is 5.49. The average Bonchev–Trinajstić information content (AvgIpc) is 2.25. The fourth-order valence-corrected chi connectivity index (χ4v) is 7.58. The second-order valence-corrected chi connectivity index (χ2v) is 9.21. The highest BCUT2D eigenvalue weighted by molar-refractivity contribution is 8.03. The fraction of sp³-hybridized carbons (Fsp3) is 0.800. The molecule has 92 valence electrons. The Balaban J connectivity index is 2.76. The van der Waals surface area contributed by atoms with E-state index in [9.17, 15) is 16.8 Å². The van der Waals surface area contributed by atoms with E-state index in [1.165, 1.54) is 13.8 Å². The molecule has 0 bridgehead atoms. The molecule has 0 saturated carbocycles. The molecule has 16 heavy (non-hydrogen) atoms. The van der Waals surface area contributed by atoms with Gasteiger partial charge in [-0.05, 0) is 39.5 Å². The van der Waals surface area contributed by atoms with E-state index >= 15 is 0 Å². The molecule has 2 aliphatic rings. The third kappa shape index (κ3) is 1.46. The SMILES string of the molecule is CC1C(C)S(=O)(=O)C2=C(CCCC2)S1(=O)=O. The first-order valence-corrected chi connectivity index (χ1v) is 8.58. The van der Waals surface area contributed by atoms with Crippen LogP contribution in [-0.4, -0.2) is 27.3 Å². The van der Waals surface area contributed by atoms with Gasteiger partial charge in [0.15, 0.2) is 19.7 Å². The summed E-state index contributed by atoms with van der Waals surface area (Å²) in [5, 5.41) is -1.62. The van der Waals surface area contributed by atoms with Crippen molar-refractivity contribution in [2.75, 3.05) is 0 Å². The Kier molecular flexibility index (Phi) is 2.70. The van der Waals surface area contributed by atoms with E-state index in [0.29, 0.717) is 12.8 Å². The quantitative estimate of drug-likeness (QED) is 0.663. The Hall–Kier alpha value is -0.360. The zero-order valence-corrected chi connectivity index (χ0v) is 11.1. The second kappa shape index (κ2) is 3.57. The summed E-state index contributed by atoms with van der Waals surface area (Å²) in [5.41, 5.74) is 0. The third-order valence-electron chi connectivity index (χ3n) is 3.70. The van der Waals surface area contributed by atoms with Crippen molar-refractivity contribution in [1.82, 2.24) is 0 Å². The molecule has 0 radical (unpaired) electrons. The lowest BCUT2D eigenvalue weighted by molar-refractivity contribution is 0.552. The first kappa shape index (κ1) is 12.1. The molecule has 0 fully saturated rings. The van der Waals surface area contributed by atoms with Crippen molar-refractivity contribution in [3.63, 3.8) is 0 Å². The maximum atomic E-state index is 12.1. The van der Waals surface area contributed by atoms with Crippen LogP contribution in [0.3, 0.4) is 0 Å². The largest absolute Gasteiger partial charge is 0.224 e. The molecule has 0 saturated heterocycles. The molecular formula is C10H16O4S2. The summed E-state index contributed by atoms with van der Waals surface area (Å²) in [4.78, 5) is 0.397. The molecule has 0 amide bonds. The fourth-order valence-electron chi connectivity index (χ4n) is 2.41. The van der Waals surface area contributed by atoms with Crippen LogP contribution < -0.4 is 0 Å². The lowest BCUT2D eigenvalue weighted by Crippen LogP contribution is -2.42. The van der Waals surface area contributed by atoms with Gasteiger partial charge in [0, 0.05) is 0 Å². The predicted molar refractivity (Wildman–Crippen MR) is 62.3 cm³/mol. The molecule has 1 aliphatic carbocycles.